The van der Waals surface area contributed by atoms with Gasteiger partial charge in [0, 0.05) is 6.54 Å². The average molecular weight is 340 g/mol. The minimum atomic E-state index is -1.53. The Hall–Kier alpha value is -2.31. The van der Waals surface area contributed by atoms with Crippen molar-refractivity contribution in [1.82, 2.24) is 10.6 Å². The number of benzene rings is 1. The number of alkyl halides is 1. The van der Waals surface area contributed by atoms with E-state index in [1.54, 1.807) is 19.1 Å². The Balaban J connectivity index is 2.49. The van der Waals surface area contributed by atoms with E-state index in [0.717, 1.165) is 5.56 Å². The zero-order chi connectivity index (χ0) is 17.9. The van der Waals surface area contributed by atoms with Crippen LogP contribution >= 0.6 is 0 Å². The number of hydrogen-bond acceptors (Lipinski definition) is 4. The van der Waals surface area contributed by atoms with Crippen molar-refractivity contribution in [3.8, 4) is 0 Å². The summed E-state index contributed by atoms with van der Waals surface area (Å²) >= 11 is 0. The van der Waals surface area contributed by atoms with Crippen molar-refractivity contribution in [3.63, 3.8) is 0 Å². The first-order chi connectivity index (χ1) is 11.4. The molecule has 0 aliphatic heterocycles. The van der Waals surface area contributed by atoms with Gasteiger partial charge in [-0.2, -0.15) is 0 Å². The third kappa shape index (κ3) is 7.80. The highest BCUT2D eigenvalue weighted by molar-refractivity contribution is 5.70. The lowest BCUT2D eigenvalue weighted by Crippen LogP contribution is -2.46. The normalized spacial score (nSPS) is 13.0. The van der Waals surface area contributed by atoms with Gasteiger partial charge in [-0.25, -0.2) is 14.0 Å². The molecule has 1 aromatic rings. The van der Waals surface area contributed by atoms with E-state index in [2.05, 4.69) is 10.6 Å². The van der Waals surface area contributed by atoms with Crippen LogP contribution in [0.3, 0.4) is 0 Å². The minimum Gasteiger partial charge on any atom is -0.445 e. The number of nitrogens with one attached hydrogen (secondary N) is 2. The van der Waals surface area contributed by atoms with Gasteiger partial charge in [-0.1, -0.05) is 51.1 Å². The zero-order valence-electron chi connectivity index (χ0n) is 14.3. The molecule has 0 saturated carbocycles. The predicted molar refractivity (Wildman–Crippen MR) is 88.1 cm³/mol. The number of ether oxygens (including phenoxy) is 2. The van der Waals surface area contributed by atoms with Crippen LogP contribution in [0.25, 0.3) is 0 Å². The second kappa shape index (κ2) is 10.5. The Morgan fingerprint density at radius 2 is 1.83 bits per heavy atom. The highest BCUT2D eigenvalue weighted by Crippen LogP contribution is 2.07. The largest absolute Gasteiger partial charge is 0.445 e. The topological polar surface area (TPSA) is 76.7 Å². The Kier molecular flexibility index (Phi) is 8.60. The van der Waals surface area contributed by atoms with Crippen molar-refractivity contribution in [2.45, 2.75) is 46.2 Å². The van der Waals surface area contributed by atoms with Crippen molar-refractivity contribution in [3.05, 3.63) is 35.9 Å². The summed E-state index contributed by atoms with van der Waals surface area (Å²) in [6.45, 7) is 5.86. The van der Waals surface area contributed by atoms with Crippen LogP contribution in [0.5, 0.6) is 0 Å². The van der Waals surface area contributed by atoms with E-state index < -0.39 is 24.6 Å². The van der Waals surface area contributed by atoms with Gasteiger partial charge in [-0.05, 0) is 17.9 Å². The van der Waals surface area contributed by atoms with Gasteiger partial charge in [-0.3, -0.25) is 5.32 Å². The lowest BCUT2D eigenvalue weighted by Gasteiger charge is -2.22. The Labute approximate surface area is 141 Å². The van der Waals surface area contributed by atoms with Crippen molar-refractivity contribution < 1.29 is 23.5 Å². The molecule has 0 saturated heterocycles. The summed E-state index contributed by atoms with van der Waals surface area (Å²) in [7, 11) is 0. The Morgan fingerprint density at radius 3 is 2.42 bits per heavy atom. The molecule has 0 radical (unpaired) electrons. The molecule has 0 bridgehead atoms. The summed E-state index contributed by atoms with van der Waals surface area (Å²) in [5.41, 5.74) is 0.798. The number of carbonyl (C=O) groups is 2. The molecule has 0 spiro atoms. The molecule has 24 heavy (non-hydrogen) atoms. The number of amides is 2. The standard InChI is InChI=1S/C17H25FN2O4/c1-4-14(18)15(24-16(21)19-10-12(2)3)20-17(22)23-11-13-8-6-5-7-9-13/h5-9,12,14-15H,4,10-11H2,1-3H3,(H,19,21)(H,20,22). The molecule has 2 atom stereocenters. The first kappa shape index (κ1) is 19.7. The molecule has 6 nitrogen and oxygen atoms in total. The maximum atomic E-state index is 13.9. The second-order valence-electron chi connectivity index (χ2n) is 5.73. The quantitative estimate of drug-likeness (QED) is 0.711. The molecule has 0 aromatic heterocycles. The molecule has 0 fully saturated rings. The van der Waals surface area contributed by atoms with Gasteiger partial charge < -0.3 is 14.8 Å². The second-order valence-corrected chi connectivity index (χ2v) is 5.73. The van der Waals surface area contributed by atoms with Crippen LogP contribution in [0.15, 0.2) is 30.3 Å². The molecule has 1 rings (SSSR count). The fourth-order valence-electron chi connectivity index (χ4n) is 1.73. The highest BCUT2D eigenvalue weighted by atomic mass is 19.1. The Bertz CT molecular complexity index is 511. The van der Waals surface area contributed by atoms with E-state index in [4.69, 9.17) is 9.47 Å². The molecule has 0 heterocycles. The number of carbonyl (C=O) groups excluding carboxylic acids is 2. The smallest absolute Gasteiger partial charge is 0.410 e. The van der Waals surface area contributed by atoms with Crippen LogP contribution in [0.4, 0.5) is 14.0 Å². The van der Waals surface area contributed by atoms with Gasteiger partial charge >= 0.3 is 12.2 Å². The summed E-state index contributed by atoms with van der Waals surface area (Å²) in [5, 5.41) is 4.74. The van der Waals surface area contributed by atoms with E-state index in [-0.39, 0.29) is 18.9 Å². The molecular weight excluding hydrogens is 315 g/mol. The molecule has 134 valence electrons. The van der Waals surface area contributed by atoms with Crippen molar-refractivity contribution >= 4 is 12.2 Å². The molecule has 0 aliphatic carbocycles. The van der Waals surface area contributed by atoms with Crippen molar-refractivity contribution in [2.24, 2.45) is 5.92 Å². The molecule has 7 heteroatoms. The lowest BCUT2D eigenvalue weighted by atomic mass is 10.2. The SMILES string of the molecule is CCC(F)C(NC(=O)OCc1ccccc1)OC(=O)NCC(C)C. The van der Waals surface area contributed by atoms with E-state index in [0.29, 0.717) is 6.54 Å². The maximum Gasteiger partial charge on any atom is 0.410 e. The van der Waals surface area contributed by atoms with Gasteiger partial charge in [0.25, 0.3) is 0 Å². The molecule has 2 amide bonds. The highest BCUT2D eigenvalue weighted by Gasteiger charge is 2.26. The zero-order valence-corrected chi connectivity index (χ0v) is 14.3. The third-order valence-corrected chi connectivity index (χ3v) is 3.08. The summed E-state index contributed by atoms with van der Waals surface area (Å²) in [5.74, 6) is 0.229. The van der Waals surface area contributed by atoms with Crippen LogP contribution in [-0.2, 0) is 16.1 Å². The van der Waals surface area contributed by atoms with Gasteiger partial charge in [0.2, 0.25) is 6.23 Å². The van der Waals surface area contributed by atoms with E-state index in [1.807, 2.05) is 32.0 Å². The molecule has 0 aliphatic rings. The van der Waals surface area contributed by atoms with Crippen LogP contribution in [-0.4, -0.2) is 31.1 Å². The molecular formula is C17H25FN2O4. The maximum absolute atomic E-state index is 13.9. The minimum absolute atomic E-state index is 0.0437. The lowest BCUT2D eigenvalue weighted by molar-refractivity contribution is 0.0182. The summed E-state index contributed by atoms with van der Waals surface area (Å²) in [4.78, 5) is 23.4. The summed E-state index contributed by atoms with van der Waals surface area (Å²) < 4.78 is 23.8. The van der Waals surface area contributed by atoms with Crippen molar-refractivity contribution in [2.75, 3.05) is 6.54 Å². The fraction of sp³-hybridized carbons (Fsp3) is 0.529. The Morgan fingerprint density at radius 1 is 1.17 bits per heavy atom. The monoisotopic (exact) mass is 340 g/mol. The summed E-state index contributed by atoms with van der Waals surface area (Å²) in [6.07, 6.45) is -4.48. The van der Waals surface area contributed by atoms with Crippen LogP contribution in [0, 0.1) is 5.92 Å². The van der Waals surface area contributed by atoms with Gasteiger partial charge in [0.15, 0.2) is 6.17 Å². The third-order valence-electron chi connectivity index (χ3n) is 3.08. The molecule has 2 N–H and O–H groups in total. The van der Waals surface area contributed by atoms with Gasteiger partial charge in [-0.15, -0.1) is 0 Å². The first-order valence-corrected chi connectivity index (χ1v) is 7.98. The first-order valence-electron chi connectivity index (χ1n) is 7.98. The van der Waals surface area contributed by atoms with E-state index >= 15 is 0 Å². The van der Waals surface area contributed by atoms with Crippen LogP contribution in [0.2, 0.25) is 0 Å². The number of hydrogen-bond donors (Lipinski definition) is 2. The molecule has 1 aromatic carbocycles. The fourth-order valence-corrected chi connectivity index (χ4v) is 1.73. The van der Waals surface area contributed by atoms with Gasteiger partial charge in [0.1, 0.15) is 6.61 Å². The number of halogens is 1. The van der Waals surface area contributed by atoms with E-state index in [9.17, 15) is 14.0 Å². The predicted octanol–water partition coefficient (Wildman–Crippen LogP) is 3.37. The molecule has 2 unspecified atom stereocenters. The van der Waals surface area contributed by atoms with Gasteiger partial charge in [0.05, 0.1) is 0 Å². The van der Waals surface area contributed by atoms with E-state index in [1.165, 1.54) is 0 Å². The number of alkyl carbamates (subject to hydrolysis) is 2. The van der Waals surface area contributed by atoms with Crippen molar-refractivity contribution in [1.29, 1.82) is 0 Å². The average Bonchev–Trinajstić information content (AvgIpc) is 2.57. The van der Waals surface area contributed by atoms with Crippen LogP contribution < -0.4 is 10.6 Å². The van der Waals surface area contributed by atoms with Crippen LogP contribution in [0.1, 0.15) is 32.8 Å². The number of rotatable bonds is 8. The summed E-state index contributed by atoms with van der Waals surface area (Å²) in [6, 6.07) is 9.07.